The van der Waals surface area contributed by atoms with Crippen molar-refractivity contribution < 1.29 is 5.11 Å². The van der Waals surface area contributed by atoms with Crippen molar-refractivity contribution in [3.8, 4) is 0 Å². The van der Waals surface area contributed by atoms with Gasteiger partial charge in [0.05, 0.1) is 6.10 Å². The molecule has 2 atom stereocenters. The lowest BCUT2D eigenvalue weighted by Crippen LogP contribution is -2.28. The van der Waals surface area contributed by atoms with E-state index < -0.39 is 0 Å². The largest absolute Gasteiger partial charge is 0.393 e. The van der Waals surface area contributed by atoms with Crippen molar-refractivity contribution in [1.82, 2.24) is 5.32 Å². The summed E-state index contributed by atoms with van der Waals surface area (Å²) in [5.41, 5.74) is 2.75. The minimum Gasteiger partial charge on any atom is -0.393 e. The van der Waals surface area contributed by atoms with Crippen LogP contribution in [0.1, 0.15) is 56.6 Å². The van der Waals surface area contributed by atoms with Gasteiger partial charge in [0, 0.05) is 6.54 Å². The predicted molar refractivity (Wildman–Crippen MR) is 80.2 cm³/mol. The van der Waals surface area contributed by atoms with Crippen molar-refractivity contribution in [2.24, 2.45) is 5.92 Å². The van der Waals surface area contributed by atoms with Crippen LogP contribution in [0.25, 0.3) is 0 Å². The van der Waals surface area contributed by atoms with Gasteiger partial charge in [-0.2, -0.15) is 0 Å². The van der Waals surface area contributed by atoms with E-state index in [0.29, 0.717) is 11.8 Å². The maximum atomic E-state index is 9.65. The van der Waals surface area contributed by atoms with Crippen LogP contribution in [0.2, 0.25) is 0 Å². The molecule has 1 aromatic carbocycles. The molecule has 0 amide bonds. The van der Waals surface area contributed by atoms with Crippen LogP contribution < -0.4 is 5.32 Å². The van der Waals surface area contributed by atoms with E-state index in [0.717, 1.165) is 25.9 Å². The van der Waals surface area contributed by atoms with Crippen LogP contribution in [-0.2, 0) is 6.54 Å². The lowest BCUT2D eigenvalue weighted by molar-refractivity contribution is 0.101. The zero-order valence-electron chi connectivity index (χ0n) is 12.2. The molecular weight excluding hydrogens is 234 g/mol. The first-order valence-corrected chi connectivity index (χ1v) is 7.62. The summed E-state index contributed by atoms with van der Waals surface area (Å²) in [7, 11) is 0. The average Bonchev–Trinajstić information content (AvgIpc) is 2.39. The SMILES string of the molecule is CC(C)c1ccc(CNCC2CCCC(O)C2)cc1. The van der Waals surface area contributed by atoms with E-state index in [9.17, 15) is 5.11 Å². The summed E-state index contributed by atoms with van der Waals surface area (Å²) in [5.74, 6) is 1.25. The summed E-state index contributed by atoms with van der Waals surface area (Å²) >= 11 is 0. The minimum atomic E-state index is -0.0640. The lowest BCUT2D eigenvalue weighted by Gasteiger charge is -2.26. The highest BCUT2D eigenvalue weighted by molar-refractivity contribution is 5.24. The molecule has 2 N–H and O–H groups in total. The standard InChI is InChI=1S/C17H27NO/c1-13(2)16-8-6-14(7-9-16)11-18-12-15-4-3-5-17(19)10-15/h6-9,13,15,17-19H,3-5,10-12H2,1-2H3. The fraction of sp³-hybridized carbons (Fsp3) is 0.647. The molecule has 1 aliphatic rings. The van der Waals surface area contributed by atoms with Gasteiger partial charge in [0.1, 0.15) is 0 Å². The molecule has 0 aliphatic heterocycles. The van der Waals surface area contributed by atoms with Crippen LogP contribution in [0, 0.1) is 5.92 Å². The summed E-state index contributed by atoms with van der Waals surface area (Å²) in [6.07, 6.45) is 4.34. The monoisotopic (exact) mass is 261 g/mol. The molecule has 2 nitrogen and oxygen atoms in total. The van der Waals surface area contributed by atoms with Gasteiger partial charge in [-0.3, -0.25) is 0 Å². The molecular formula is C17H27NO. The maximum absolute atomic E-state index is 9.65. The van der Waals surface area contributed by atoms with Crippen LogP contribution in [-0.4, -0.2) is 17.8 Å². The van der Waals surface area contributed by atoms with E-state index >= 15 is 0 Å². The zero-order valence-corrected chi connectivity index (χ0v) is 12.2. The summed E-state index contributed by atoms with van der Waals surface area (Å²) < 4.78 is 0. The van der Waals surface area contributed by atoms with Gasteiger partial charge in [-0.15, -0.1) is 0 Å². The van der Waals surface area contributed by atoms with Crippen LogP contribution >= 0.6 is 0 Å². The average molecular weight is 261 g/mol. The zero-order chi connectivity index (χ0) is 13.7. The Bertz CT molecular complexity index is 371. The van der Waals surface area contributed by atoms with Gasteiger partial charge < -0.3 is 10.4 Å². The van der Waals surface area contributed by atoms with Gasteiger partial charge in [0.25, 0.3) is 0 Å². The molecule has 0 bridgehead atoms. The number of rotatable bonds is 5. The molecule has 2 unspecified atom stereocenters. The molecule has 0 aromatic heterocycles. The van der Waals surface area contributed by atoms with Crippen LogP contribution in [0.15, 0.2) is 24.3 Å². The quantitative estimate of drug-likeness (QED) is 0.851. The predicted octanol–water partition coefficient (Wildman–Crippen LogP) is 3.45. The second kappa shape index (κ2) is 7.06. The first-order valence-electron chi connectivity index (χ1n) is 7.62. The normalized spacial score (nSPS) is 23.8. The first kappa shape index (κ1) is 14.5. The fourth-order valence-electron chi connectivity index (χ4n) is 2.89. The van der Waals surface area contributed by atoms with Crippen LogP contribution in [0.3, 0.4) is 0 Å². The molecule has 106 valence electrons. The minimum absolute atomic E-state index is 0.0640. The highest BCUT2D eigenvalue weighted by Gasteiger charge is 2.19. The maximum Gasteiger partial charge on any atom is 0.0543 e. The van der Waals surface area contributed by atoms with Crippen molar-refractivity contribution in [3.05, 3.63) is 35.4 Å². The summed E-state index contributed by atoms with van der Waals surface area (Å²) in [4.78, 5) is 0. The molecule has 1 aromatic rings. The van der Waals surface area contributed by atoms with E-state index in [1.807, 2.05) is 0 Å². The van der Waals surface area contributed by atoms with E-state index in [2.05, 4.69) is 43.4 Å². The molecule has 1 fully saturated rings. The van der Waals surface area contributed by atoms with Crippen molar-refractivity contribution in [1.29, 1.82) is 0 Å². The van der Waals surface area contributed by atoms with Crippen molar-refractivity contribution in [2.75, 3.05) is 6.54 Å². The lowest BCUT2D eigenvalue weighted by atomic mass is 9.87. The smallest absolute Gasteiger partial charge is 0.0543 e. The molecule has 19 heavy (non-hydrogen) atoms. The van der Waals surface area contributed by atoms with Crippen molar-refractivity contribution >= 4 is 0 Å². The second-order valence-electron chi connectivity index (χ2n) is 6.21. The highest BCUT2D eigenvalue weighted by Crippen LogP contribution is 2.23. The molecule has 0 spiro atoms. The summed E-state index contributed by atoms with van der Waals surface area (Å²) in [6, 6.07) is 8.90. The van der Waals surface area contributed by atoms with Gasteiger partial charge in [-0.05, 0) is 48.8 Å². The molecule has 1 aliphatic carbocycles. The molecule has 0 heterocycles. The number of hydrogen-bond acceptors (Lipinski definition) is 2. The number of aliphatic hydroxyl groups is 1. The Kier molecular flexibility index (Phi) is 5.41. The molecule has 0 radical (unpaired) electrons. The summed E-state index contributed by atoms with van der Waals surface area (Å²) in [6.45, 7) is 6.41. The van der Waals surface area contributed by atoms with Crippen LogP contribution in [0.4, 0.5) is 0 Å². The third-order valence-electron chi connectivity index (χ3n) is 4.16. The van der Waals surface area contributed by atoms with Crippen LogP contribution in [0.5, 0.6) is 0 Å². The summed E-state index contributed by atoms with van der Waals surface area (Å²) in [5, 5.41) is 13.2. The van der Waals surface area contributed by atoms with Crippen molar-refractivity contribution in [3.63, 3.8) is 0 Å². The number of aliphatic hydroxyl groups excluding tert-OH is 1. The van der Waals surface area contributed by atoms with E-state index in [1.54, 1.807) is 0 Å². The second-order valence-corrected chi connectivity index (χ2v) is 6.21. The first-order chi connectivity index (χ1) is 9.15. The number of benzene rings is 1. The van der Waals surface area contributed by atoms with Gasteiger partial charge >= 0.3 is 0 Å². The highest BCUT2D eigenvalue weighted by atomic mass is 16.3. The third-order valence-corrected chi connectivity index (χ3v) is 4.16. The van der Waals surface area contributed by atoms with E-state index in [-0.39, 0.29) is 6.10 Å². The van der Waals surface area contributed by atoms with Gasteiger partial charge in [0.2, 0.25) is 0 Å². The van der Waals surface area contributed by atoms with Gasteiger partial charge in [-0.1, -0.05) is 44.5 Å². The Labute approximate surface area is 117 Å². The molecule has 2 rings (SSSR count). The Morgan fingerprint density at radius 1 is 1.21 bits per heavy atom. The van der Waals surface area contributed by atoms with Crippen molar-refractivity contribution in [2.45, 2.75) is 58.1 Å². The van der Waals surface area contributed by atoms with E-state index in [4.69, 9.17) is 0 Å². The molecule has 2 heteroatoms. The van der Waals surface area contributed by atoms with Gasteiger partial charge in [-0.25, -0.2) is 0 Å². The fourth-order valence-corrected chi connectivity index (χ4v) is 2.89. The van der Waals surface area contributed by atoms with Gasteiger partial charge in [0.15, 0.2) is 0 Å². The number of hydrogen-bond donors (Lipinski definition) is 2. The third kappa shape index (κ3) is 4.63. The Hall–Kier alpha value is -0.860. The Morgan fingerprint density at radius 2 is 1.95 bits per heavy atom. The molecule has 0 saturated heterocycles. The Balaban J connectivity index is 1.73. The topological polar surface area (TPSA) is 32.3 Å². The number of nitrogens with one attached hydrogen (secondary N) is 1. The molecule has 1 saturated carbocycles. The Morgan fingerprint density at radius 3 is 2.58 bits per heavy atom. The van der Waals surface area contributed by atoms with E-state index in [1.165, 1.54) is 24.0 Å².